The molecule has 0 saturated heterocycles. The maximum absolute atomic E-state index is 12.2. The topological polar surface area (TPSA) is 39.2 Å². The quantitative estimate of drug-likeness (QED) is 0.772. The lowest BCUT2D eigenvalue weighted by Crippen LogP contribution is -2.04. The molecule has 0 aliphatic heterocycles. The van der Waals surface area contributed by atoms with Crippen molar-refractivity contribution in [2.75, 3.05) is 6.61 Å². The highest BCUT2D eigenvalue weighted by Crippen LogP contribution is 2.17. The van der Waals surface area contributed by atoms with Crippen LogP contribution in [-0.2, 0) is 0 Å². The summed E-state index contributed by atoms with van der Waals surface area (Å²) in [5.74, 6) is 0.566. The van der Waals surface area contributed by atoms with Crippen LogP contribution in [0.3, 0.4) is 0 Å². The van der Waals surface area contributed by atoms with Crippen molar-refractivity contribution in [3.63, 3.8) is 0 Å². The van der Waals surface area contributed by atoms with Crippen LogP contribution in [0.25, 0.3) is 0 Å². The molecule has 92 valence electrons. The summed E-state index contributed by atoms with van der Waals surface area (Å²) in [6.45, 7) is 4.36. The first kappa shape index (κ1) is 12.3. The Morgan fingerprint density at radius 1 is 1.22 bits per heavy atom. The molecule has 0 amide bonds. The Hall–Kier alpha value is -2.16. The van der Waals surface area contributed by atoms with E-state index in [1.807, 2.05) is 38.1 Å². The van der Waals surface area contributed by atoms with Gasteiger partial charge >= 0.3 is 0 Å². The van der Waals surface area contributed by atoms with E-state index in [9.17, 15) is 4.79 Å². The molecule has 0 aliphatic carbocycles. The Labute approximate surface area is 106 Å². The highest BCUT2D eigenvalue weighted by Gasteiger charge is 2.11. The minimum Gasteiger partial charge on any atom is -0.478 e. The van der Waals surface area contributed by atoms with Crippen molar-refractivity contribution in [2.45, 2.75) is 13.8 Å². The fraction of sp³-hybridized carbons (Fsp3) is 0.200. The molecule has 0 fully saturated rings. The number of aryl methyl sites for hydroxylation is 1. The number of hydrogen-bond acceptors (Lipinski definition) is 3. The third-order valence-electron chi connectivity index (χ3n) is 2.61. The number of benzene rings is 1. The molecule has 2 rings (SSSR count). The standard InChI is InChI=1S/C15H15NO2/c1-3-18-15-11(2)9-13(10-16-15)14(17)12-7-5-4-6-8-12/h4-10H,3H2,1-2H3. The van der Waals surface area contributed by atoms with Crippen LogP contribution in [0, 0.1) is 6.92 Å². The zero-order valence-electron chi connectivity index (χ0n) is 10.5. The zero-order chi connectivity index (χ0) is 13.0. The smallest absolute Gasteiger partial charge is 0.216 e. The summed E-state index contributed by atoms with van der Waals surface area (Å²) in [5.41, 5.74) is 2.13. The van der Waals surface area contributed by atoms with Crippen LogP contribution in [0.1, 0.15) is 28.4 Å². The van der Waals surface area contributed by atoms with E-state index in [1.165, 1.54) is 0 Å². The van der Waals surface area contributed by atoms with E-state index in [4.69, 9.17) is 4.74 Å². The van der Waals surface area contributed by atoms with E-state index >= 15 is 0 Å². The molecule has 0 saturated carbocycles. The monoisotopic (exact) mass is 241 g/mol. The molecule has 0 unspecified atom stereocenters. The first-order valence-electron chi connectivity index (χ1n) is 5.91. The van der Waals surface area contributed by atoms with Gasteiger partial charge in [0.2, 0.25) is 5.88 Å². The van der Waals surface area contributed by atoms with Gasteiger partial charge in [0.05, 0.1) is 6.61 Å². The van der Waals surface area contributed by atoms with Crippen molar-refractivity contribution in [1.82, 2.24) is 4.98 Å². The van der Waals surface area contributed by atoms with E-state index in [1.54, 1.807) is 18.3 Å². The normalized spacial score (nSPS) is 10.1. The van der Waals surface area contributed by atoms with Gasteiger partial charge in [-0.3, -0.25) is 4.79 Å². The second-order valence-corrected chi connectivity index (χ2v) is 3.97. The number of aromatic nitrogens is 1. The summed E-state index contributed by atoms with van der Waals surface area (Å²) in [4.78, 5) is 16.4. The third kappa shape index (κ3) is 2.56. The minimum atomic E-state index is -0.0192. The summed E-state index contributed by atoms with van der Waals surface area (Å²) in [7, 11) is 0. The number of carbonyl (C=O) groups is 1. The number of ether oxygens (including phenoxy) is 1. The Morgan fingerprint density at radius 2 is 1.94 bits per heavy atom. The van der Waals surface area contributed by atoms with Gasteiger partial charge in [-0.05, 0) is 19.9 Å². The van der Waals surface area contributed by atoms with E-state index in [0.29, 0.717) is 23.6 Å². The molecule has 0 aliphatic rings. The largest absolute Gasteiger partial charge is 0.478 e. The Bertz CT molecular complexity index is 550. The fourth-order valence-corrected chi connectivity index (χ4v) is 1.73. The molecule has 18 heavy (non-hydrogen) atoms. The molecule has 0 radical (unpaired) electrons. The van der Waals surface area contributed by atoms with Gasteiger partial charge in [-0.1, -0.05) is 30.3 Å². The van der Waals surface area contributed by atoms with Crippen LogP contribution in [-0.4, -0.2) is 17.4 Å². The summed E-state index contributed by atoms with van der Waals surface area (Å²) < 4.78 is 5.35. The lowest BCUT2D eigenvalue weighted by atomic mass is 10.0. The predicted octanol–water partition coefficient (Wildman–Crippen LogP) is 3.02. The molecule has 3 nitrogen and oxygen atoms in total. The maximum Gasteiger partial charge on any atom is 0.216 e. The fourth-order valence-electron chi connectivity index (χ4n) is 1.73. The summed E-state index contributed by atoms with van der Waals surface area (Å²) in [5, 5.41) is 0. The lowest BCUT2D eigenvalue weighted by Gasteiger charge is -2.07. The molecule has 0 N–H and O–H groups in total. The molecule has 0 bridgehead atoms. The van der Waals surface area contributed by atoms with Crippen LogP contribution in [0.5, 0.6) is 5.88 Å². The lowest BCUT2D eigenvalue weighted by molar-refractivity contribution is 0.103. The average molecular weight is 241 g/mol. The molecule has 1 aromatic heterocycles. The first-order chi connectivity index (χ1) is 8.72. The van der Waals surface area contributed by atoms with Crippen molar-refractivity contribution in [3.8, 4) is 5.88 Å². The van der Waals surface area contributed by atoms with Crippen LogP contribution < -0.4 is 4.74 Å². The second-order valence-electron chi connectivity index (χ2n) is 3.97. The van der Waals surface area contributed by atoms with E-state index in [0.717, 1.165) is 5.56 Å². The third-order valence-corrected chi connectivity index (χ3v) is 2.61. The van der Waals surface area contributed by atoms with Gasteiger partial charge in [0.1, 0.15) is 0 Å². The van der Waals surface area contributed by atoms with E-state index < -0.39 is 0 Å². The molecular weight excluding hydrogens is 226 g/mol. The molecule has 0 atom stereocenters. The molecular formula is C15H15NO2. The summed E-state index contributed by atoms with van der Waals surface area (Å²) in [6.07, 6.45) is 1.56. The summed E-state index contributed by atoms with van der Waals surface area (Å²) >= 11 is 0. The molecule has 0 spiro atoms. The van der Waals surface area contributed by atoms with Crippen LogP contribution in [0.15, 0.2) is 42.6 Å². The number of rotatable bonds is 4. The van der Waals surface area contributed by atoms with Crippen LogP contribution in [0.4, 0.5) is 0 Å². The predicted molar refractivity (Wildman–Crippen MR) is 70.0 cm³/mol. The Morgan fingerprint density at radius 3 is 2.56 bits per heavy atom. The van der Waals surface area contributed by atoms with Gasteiger partial charge in [0, 0.05) is 22.9 Å². The number of hydrogen-bond donors (Lipinski definition) is 0. The van der Waals surface area contributed by atoms with Crippen LogP contribution >= 0.6 is 0 Å². The molecule has 1 heterocycles. The van der Waals surface area contributed by atoms with Gasteiger partial charge < -0.3 is 4.74 Å². The summed E-state index contributed by atoms with van der Waals surface area (Å²) in [6, 6.07) is 11.0. The van der Waals surface area contributed by atoms with Crippen molar-refractivity contribution in [3.05, 3.63) is 59.3 Å². The van der Waals surface area contributed by atoms with Crippen molar-refractivity contribution in [1.29, 1.82) is 0 Å². The van der Waals surface area contributed by atoms with Gasteiger partial charge in [-0.2, -0.15) is 0 Å². The molecule has 1 aromatic carbocycles. The number of ketones is 1. The highest BCUT2D eigenvalue weighted by molar-refractivity contribution is 6.08. The zero-order valence-corrected chi connectivity index (χ0v) is 10.5. The van der Waals surface area contributed by atoms with Crippen molar-refractivity contribution < 1.29 is 9.53 Å². The van der Waals surface area contributed by atoms with E-state index in [-0.39, 0.29) is 5.78 Å². The van der Waals surface area contributed by atoms with Gasteiger partial charge in [0.25, 0.3) is 0 Å². The first-order valence-corrected chi connectivity index (χ1v) is 5.91. The Kier molecular flexibility index (Phi) is 3.72. The number of pyridine rings is 1. The minimum absolute atomic E-state index is 0.0192. The van der Waals surface area contributed by atoms with Crippen molar-refractivity contribution in [2.24, 2.45) is 0 Å². The van der Waals surface area contributed by atoms with Crippen molar-refractivity contribution >= 4 is 5.78 Å². The second kappa shape index (κ2) is 5.45. The SMILES string of the molecule is CCOc1ncc(C(=O)c2ccccc2)cc1C. The Balaban J connectivity index is 2.30. The van der Waals surface area contributed by atoms with E-state index in [2.05, 4.69) is 4.98 Å². The van der Waals surface area contributed by atoms with Gasteiger partial charge in [-0.25, -0.2) is 4.98 Å². The highest BCUT2D eigenvalue weighted by atomic mass is 16.5. The number of nitrogens with zero attached hydrogens (tertiary/aromatic N) is 1. The van der Waals surface area contributed by atoms with Crippen LogP contribution in [0.2, 0.25) is 0 Å². The van der Waals surface area contributed by atoms with Gasteiger partial charge in [0.15, 0.2) is 5.78 Å². The maximum atomic E-state index is 12.2. The molecule has 2 aromatic rings. The number of carbonyl (C=O) groups excluding carboxylic acids is 1. The van der Waals surface area contributed by atoms with Gasteiger partial charge in [-0.15, -0.1) is 0 Å². The average Bonchev–Trinajstić information content (AvgIpc) is 2.41. The molecule has 3 heteroatoms.